The van der Waals surface area contributed by atoms with E-state index < -0.39 is 36.0 Å². The van der Waals surface area contributed by atoms with E-state index >= 15 is 0 Å². The SMILES string of the molecule is CO[C@H]1CN(C(C)=O)CCCN(C(=O)c2cccc(C(F)(F)F)c2)CCCCOC[C@H](O)[C@@H]1O. The summed E-state index contributed by atoms with van der Waals surface area (Å²) in [6.07, 6.45) is -6.44. The van der Waals surface area contributed by atoms with Crippen LogP contribution in [0.15, 0.2) is 24.3 Å². The van der Waals surface area contributed by atoms with Crippen molar-refractivity contribution in [3.63, 3.8) is 0 Å². The lowest BCUT2D eigenvalue weighted by molar-refractivity contribution is -0.137. The molecule has 0 spiro atoms. The van der Waals surface area contributed by atoms with Crippen molar-refractivity contribution in [2.75, 3.05) is 46.5 Å². The highest BCUT2D eigenvalue weighted by molar-refractivity contribution is 5.94. The molecule has 2 amide bonds. The molecular formula is C23H33F3N2O6. The van der Waals surface area contributed by atoms with Crippen molar-refractivity contribution in [3.8, 4) is 0 Å². The number of nitrogens with zero attached hydrogens (tertiary/aromatic N) is 2. The molecule has 0 aliphatic carbocycles. The molecule has 192 valence electrons. The van der Waals surface area contributed by atoms with E-state index in [1.807, 2.05) is 0 Å². The van der Waals surface area contributed by atoms with Gasteiger partial charge >= 0.3 is 6.18 Å². The molecule has 1 aliphatic rings. The number of halogens is 3. The average molecular weight is 491 g/mol. The minimum atomic E-state index is -4.56. The van der Waals surface area contributed by atoms with E-state index in [1.54, 1.807) is 0 Å². The third-order valence-corrected chi connectivity index (χ3v) is 5.76. The predicted octanol–water partition coefficient (Wildman–Crippen LogP) is 1.93. The zero-order valence-corrected chi connectivity index (χ0v) is 19.5. The highest BCUT2D eigenvalue weighted by atomic mass is 19.4. The highest BCUT2D eigenvalue weighted by Crippen LogP contribution is 2.29. The fourth-order valence-electron chi connectivity index (χ4n) is 3.75. The number of benzene rings is 1. The molecule has 1 fully saturated rings. The van der Waals surface area contributed by atoms with Gasteiger partial charge in [-0.3, -0.25) is 9.59 Å². The summed E-state index contributed by atoms with van der Waals surface area (Å²) in [6, 6.07) is 4.31. The molecule has 1 saturated heterocycles. The Bertz CT molecular complexity index is 807. The average Bonchev–Trinajstić information content (AvgIpc) is 2.80. The first-order chi connectivity index (χ1) is 16.0. The normalized spacial score (nSPS) is 24.3. The second-order valence-corrected chi connectivity index (χ2v) is 8.30. The van der Waals surface area contributed by atoms with Gasteiger partial charge in [-0.2, -0.15) is 13.2 Å². The fourth-order valence-corrected chi connectivity index (χ4v) is 3.75. The Kier molecular flexibility index (Phi) is 10.7. The van der Waals surface area contributed by atoms with Gasteiger partial charge in [-0.1, -0.05) is 6.07 Å². The maximum Gasteiger partial charge on any atom is 0.416 e. The van der Waals surface area contributed by atoms with Gasteiger partial charge in [-0.05, 0) is 37.5 Å². The van der Waals surface area contributed by atoms with Gasteiger partial charge in [-0.25, -0.2) is 0 Å². The summed E-state index contributed by atoms with van der Waals surface area (Å²) < 4.78 is 50.0. The van der Waals surface area contributed by atoms with E-state index in [9.17, 15) is 33.0 Å². The third kappa shape index (κ3) is 8.23. The van der Waals surface area contributed by atoms with Crippen LogP contribution in [0, 0.1) is 0 Å². The van der Waals surface area contributed by atoms with E-state index in [0.717, 1.165) is 12.1 Å². The van der Waals surface area contributed by atoms with Gasteiger partial charge in [0.2, 0.25) is 5.91 Å². The van der Waals surface area contributed by atoms with Crippen LogP contribution in [0.5, 0.6) is 0 Å². The van der Waals surface area contributed by atoms with Crippen LogP contribution >= 0.6 is 0 Å². The van der Waals surface area contributed by atoms with E-state index in [2.05, 4.69) is 0 Å². The van der Waals surface area contributed by atoms with Crippen molar-refractivity contribution in [3.05, 3.63) is 35.4 Å². The van der Waals surface area contributed by atoms with Crippen molar-refractivity contribution in [1.29, 1.82) is 0 Å². The molecule has 2 N–H and O–H groups in total. The van der Waals surface area contributed by atoms with Crippen LogP contribution in [-0.2, 0) is 20.4 Å². The summed E-state index contributed by atoms with van der Waals surface area (Å²) in [5, 5.41) is 20.6. The Hall–Kier alpha value is -2.21. The molecule has 11 heteroatoms. The number of aliphatic hydroxyl groups excluding tert-OH is 2. The summed E-state index contributed by atoms with van der Waals surface area (Å²) in [5.74, 6) is -0.800. The Morgan fingerprint density at radius 2 is 1.76 bits per heavy atom. The van der Waals surface area contributed by atoms with Crippen molar-refractivity contribution < 1.29 is 42.4 Å². The Balaban J connectivity index is 2.19. The van der Waals surface area contributed by atoms with Crippen LogP contribution in [0.25, 0.3) is 0 Å². The molecule has 8 nitrogen and oxygen atoms in total. The largest absolute Gasteiger partial charge is 0.416 e. The van der Waals surface area contributed by atoms with Crippen LogP contribution in [0.2, 0.25) is 0 Å². The van der Waals surface area contributed by atoms with Gasteiger partial charge < -0.3 is 29.5 Å². The zero-order valence-electron chi connectivity index (χ0n) is 19.5. The van der Waals surface area contributed by atoms with Crippen molar-refractivity contribution in [2.24, 2.45) is 0 Å². The van der Waals surface area contributed by atoms with Crippen molar-refractivity contribution in [2.45, 2.75) is 50.7 Å². The molecule has 2 rings (SSSR count). The Morgan fingerprint density at radius 3 is 2.41 bits per heavy atom. The summed E-state index contributed by atoms with van der Waals surface area (Å²) in [4.78, 5) is 28.1. The molecule has 0 radical (unpaired) electrons. The smallest absolute Gasteiger partial charge is 0.388 e. The summed E-state index contributed by atoms with van der Waals surface area (Å²) in [6.45, 7) is 2.28. The molecule has 1 aliphatic heterocycles. The number of alkyl halides is 3. The van der Waals surface area contributed by atoms with E-state index in [4.69, 9.17) is 9.47 Å². The first-order valence-corrected chi connectivity index (χ1v) is 11.2. The molecule has 0 unspecified atom stereocenters. The molecule has 3 atom stereocenters. The van der Waals surface area contributed by atoms with Gasteiger partial charge in [0.05, 0.1) is 12.2 Å². The van der Waals surface area contributed by atoms with Crippen LogP contribution in [0.4, 0.5) is 13.2 Å². The molecule has 0 bridgehead atoms. The zero-order chi connectivity index (χ0) is 25.3. The van der Waals surface area contributed by atoms with Crippen LogP contribution < -0.4 is 0 Å². The number of methoxy groups -OCH3 is 1. The first-order valence-electron chi connectivity index (χ1n) is 11.2. The number of rotatable bonds is 2. The quantitative estimate of drug-likeness (QED) is 0.658. The predicted molar refractivity (Wildman–Crippen MR) is 117 cm³/mol. The van der Waals surface area contributed by atoms with Gasteiger partial charge in [0.15, 0.2) is 0 Å². The number of ether oxygens (including phenoxy) is 2. The minimum absolute atomic E-state index is 0.0195. The molecule has 34 heavy (non-hydrogen) atoms. The maximum absolute atomic E-state index is 13.1. The number of hydrogen-bond donors (Lipinski definition) is 2. The fraction of sp³-hybridized carbons (Fsp3) is 0.652. The molecule has 0 saturated carbocycles. The van der Waals surface area contributed by atoms with Crippen LogP contribution in [-0.4, -0.2) is 96.6 Å². The standard InChI is InChI=1S/C23H33F3N2O6/c1-16(29)28-11-6-10-27(22(32)17-7-5-8-18(13-17)23(24,25)26)9-3-4-12-34-15-19(30)21(31)20(14-28)33-2/h5,7-8,13,19-21,30-31H,3-4,6,9-12,14-15H2,1-2H3/t19-,20-,21-/m0/s1. The Morgan fingerprint density at radius 1 is 1.09 bits per heavy atom. The number of amides is 2. The van der Waals surface area contributed by atoms with Gasteiger partial charge in [-0.15, -0.1) is 0 Å². The van der Waals surface area contributed by atoms with E-state index in [0.29, 0.717) is 25.8 Å². The molecule has 1 aromatic carbocycles. The van der Waals surface area contributed by atoms with Crippen molar-refractivity contribution in [1.82, 2.24) is 9.80 Å². The number of carbonyl (C=O) groups excluding carboxylic acids is 2. The van der Waals surface area contributed by atoms with Crippen LogP contribution in [0.1, 0.15) is 42.1 Å². The lowest BCUT2D eigenvalue weighted by Crippen LogP contribution is -2.48. The second kappa shape index (κ2) is 13.0. The molecule has 0 aromatic heterocycles. The van der Waals surface area contributed by atoms with Gasteiger partial charge in [0.25, 0.3) is 5.91 Å². The third-order valence-electron chi connectivity index (χ3n) is 5.76. The topological polar surface area (TPSA) is 99.5 Å². The number of hydrogen-bond acceptors (Lipinski definition) is 6. The minimum Gasteiger partial charge on any atom is -0.388 e. The number of aliphatic hydroxyl groups is 2. The van der Waals surface area contributed by atoms with Crippen LogP contribution in [0.3, 0.4) is 0 Å². The summed E-state index contributed by atoms with van der Waals surface area (Å²) >= 11 is 0. The monoisotopic (exact) mass is 490 g/mol. The molecule has 1 heterocycles. The maximum atomic E-state index is 13.1. The summed E-state index contributed by atoms with van der Waals surface area (Å²) in [5.41, 5.74) is -0.950. The van der Waals surface area contributed by atoms with E-state index in [1.165, 1.54) is 36.0 Å². The molecule has 1 aromatic rings. The summed E-state index contributed by atoms with van der Waals surface area (Å²) in [7, 11) is 1.36. The Labute approximate surface area is 197 Å². The highest BCUT2D eigenvalue weighted by Gasteiger charge is 2.32. The van der Waals surface area contributed by atoms with Crippen molar-refractivity contribution >= 4 is 11.8 Å². The molecular weight excluding hydrogens is 457 g/mol. The van der Waals surface area contributed by atoms with Gasteiger partial charge in [0, 0.05) is 52.4 Å². The van der Waals surface area contributed by atoms with Gasteiger partial charge in [0.1, 0.15) is 18.3 Å². The lowest BCUT2D eigenvalue weighted by atomic mass is 10.1. The second-order valence-electron chi connectivity index (χ2n) is 8.30. The number of carbonyl (C=O) groups is 2. The van der Waals surface area contributed by atoms with E-state index in [-0.39, 0.29) is 44.3 Å². The first kappa shape index (κ1) is 28.0. The lowest BCUT2D eigenvalue weighted by Gasteiger charge is -2.31.